The number of hydrogen-bond donors (Lipinski definition) is 3. The lowest BCUT2D eigenvalue weighted by atomic mass is 9.93. The average molecular weight is 297 g/mol. The van der Waals surface area contributed by atoms with Gasteiger partial charge in [-0.05, 0) is 25.4 Å². The fraction of sp³-hybridized carbons (Fsp3) is 0.636. The highest BCUT2D eigenvalue weighted by Crippen LogP contribution is 2.44. The largest absolute Gasteiger partial charge is 0.393 e. The normalized spacial score (nSPS) is 35.5. The van der Waals surface area contributed by atoms with Crippen molar-refractivity contribution in [2.24, 2.45) is 5.11 Å². The number of aromatic nitrogens is 2. The molecule has 10 nitrogen and oxygen atoms in total. The predicted octanol–water partition coefficient (Wildman–Crippen LogP) is -0.809. The molecular weight excluding hydrogens is 282 g/mol. The lowest BCUT2D eigenvalue weighted by Crippen LogP contribution is -2.50. The van der Waals surface area contributed by atoms with Gasteiger partial charge in [0, 0.05) is 16.8 Å². The van der Waals surface area contributed by atoms with E-state index in [-0.39, 0.29) is 0 Å². The number of azide groups is 1. The Morgan fingerprint density at radius 2 is 2.33 bits per heavy atom. The quantitative estimate of drug-likeness (QED) is 0.376. The summed E-state index contributed by atoms with van der Waals surface area (Å²) in [6.45, 7) is 1.96. The molecule has 2 heterocycles. The van der Waals surface area contributed by atoms with Gasteiger partial charge in [0.25, 0.3) is 0 Å². The van der Waals surface area contributed by atoms with Crippen molar-refractivity contribution in [2.45, 2.75) is 37.5 Å². The number of aliphatic hydroxyl groups excluding tert-OH is 2. The Labute approximate surface area is 118 Å². The number of rotatable bonds is 3. The number of aliphatic hydroxyl groups is 3. The second kappa shape index (κ2) is 5.10. The van der Waals surface area contributed by atoms with Crippen LogP contribution >= 0.6 is 0 Å². The van der Waals surface area contributed by atoms with E-state index in [1.165, 1.54) is 19.2 Å². The summed E-state index contributed by atoms with van der Waals surface area (Å²) in [5.41, 5.74) is 4.27. The molecule has 10 heteroatoms. The van der Waals surface area contributed by atoms with E-state index < -0.39 is 36.0 Å². The smallest absolute Gasteiger partial charge is 0.349 e. The van der Waals surface area contributed by atoms with E-state index in [9.17, 15) is 20.1 Å². The van der Waals surface area contributed by atoms with Gasteiger partial charge in [-0.3, -0.25) is 4.57 Å². The van der Waals surface area contributed by atoms with E-state index >= 15 is 0 Å². The van der Waals surface area contributed by atoms with Crippen molar-refractivity contribution in [2.75, 3.05) is 6.61 Å². The van der Waals surface area contributed by atoms with Gasteiger partial charge in [-0.15, -0.1) is 0 Å². The van der Waals surface area contributed by atoms with Crippen molar-refractivity contribution >= 4 is 0 Å². The minimum atomic E-state index is -2.08. The molecule has 0 spiro atoms. The highest BCUT2D eigenvalue weighted by atomic mass is 16.6. The molecule has 0 aliphatic carbocycles. The third-order valence-corrected chi connectivity index (χ3v) is 3.46. The Morgan fingerprint density at radius 1 is 1.67 bits per heavy atom. The van der Waals surface area contributed by atoms with Crippen LogP contribution in [0, 0.1) is 6.92 Å². The molecule has 1 aliphatic heterocycles. The first kappa shape index (κ1) is 15.4. The van der Waals surface area contributed by atoms with Gasteiger partial charge in [0.05, 0.1) is 6.61 Å². The SMILES string of the molecule is Cc1ccn([C@@H]2O[C@@](CO)(N=[N+]=[N-])[C@@H](O)[C@@]2(C)O)c(=O)n1. The third kappa shape index (κ3) is 2.28. The van der Waals surface area contributed by atoms with Crippen LogP contribution in [-0.4, -0.2) is 48.9 Å². The lowest BCUT2D eigenvalue weighted by Gasteiger charge is -2.28. The Kier molecular flexibility index (Phi) is 3.74. The van der Waals surface area contributed by atoms with E-state index in [1.807, 2.05) is 0 Å². The summed E-state index contributed by atoms with van der Waals surface area (Å²) in [5, 5.41) is 33.1. The van der Waals surface area contributed by atoms with E-state index in [1.54, 1.807) is 6.92 Å². The summed E-state index contributed by atoms with van der Waals surface area (Å²) in [7, 11) is 0. The molecule has 1 aliphatic rings. The molecule has 0 radical (unpaired) electrons. The molecule has 0 saturated carbocycles. The van der Waals surface area contributed by atoms with Crippen molar-refractivity contribution in [3.63, 3.8) is 0 Å². The van der Waals surface area contributed by atoms with Crippen molar-refractivity contribution < 1.29 is 20.1 Å². The zero-order chi connectivity index (χ0) is 15.8. The molecule has 1 fully saturated rings. The van der Waals surface area contributed by atoms with E-state index in [2.05, 4.69) is 15.0 Å². The maximum atomic E-state index is 11.9. The van der Waals surface area contributed by atoms with Crippen LogP contribution < -0.4 is 5.69 Å². The molecule has 1 aromatic rings. The van der Waals surface area contributed by atoms with E-state index in [0.29, 0.717) is 5.69 Å². The minimum absolute atomic E-state index is 0.470. The maximum Gasteiger partial charge on any atom is 0.349 e. The summed E-state index contributed by atoms with van der Waals surface area (Å²) in [6.07, 6.45) is -1.77. The van der Waals surface area contributed by atoms with Crippen molar-refractivity contribution in [3.05, 3.63) is 38.9 Å². The standard InChI is InChI=1S/C11H15N5O5/c1-6-3-4-16(9(19)13-6)8-10(2,20)7(18)11(5-17,21-8)14-15-12/h3-4,7-8,17-18,20H,5H2,1-2H3/t7-,8+,10+,11+/m0/s1. The van der Waals surface area contributed by atoms with Gasteiger partial charge < -0.3 is 20.1 Å². The minimum Gasteiger partial charge on any atom is -0.393 e. The van der Waals surface area contributed by atoms with Gasteiger partial charge in [0.15, 0.2) is 6.23 Å². The molecule has 114 valence electrons. The Morgan fingerprint density at radius 3 is 2.86 bits per heavy atom. The molecule has 1 aromatic heterocycles. The number of ether oxygens (including phenoxy) is 1. The van der Waals surface area contributed by atoms with Crippen LogP contribution in [0.5, 0.6) is 0 Å². The van der Waals surface area contributed by atoms with Crippen LogP contribution in [0.3, 0.4) is 0 Å². The van der Waals surface area contributed by atoms with Gasteiger partial charge in [0.1, 0.15) is 11.7 Å². The fourth-order valence-corrected chi connectivity index (χ4v) is 2.29. The average Bonchev–Trinajstić information content (AvgIpc) is 2.61. The monoisotopic (exact) mass is 297 g/mol. The summed E-state index contributed by atoms with van der Waals surface area (Å²) in [5.74, 6) is 0. The molecule has 0 bridgehead atoms. The summed E-state index contributed by atoms with van der Waals surface area (Å²) in [6, 6.07) is 1.51. The van der Waals surface area contributed by atoms with Gasteiger partial charge in [-0.25, -0.2) is 4.79 Å². The van der Waals surface area contributed by atoms with Gasteiger partial charge in [-0.1, -0.05) is 5.11 Å². The van der Waals surface area contributed by atoms with Crippen LogP contribution in [0.15, 0.2) is 22.2 Å². The first-order chi connectivity index (χ1) is 9.78. The Hall–Kier alpha value is -1.97. The predicted molar refractivity (Wildman–Crippen MR) is 68.9 cm³/mol. The topological polar surface area (TPSA) is 154 Å². The first-order valence-corrected chi connectivity index (χ1v) is 6.09. The maximum absolute atomic E-state index is 11.9. The third-order valence-electron chi connectivity index (χ3n) is 3.46. The van der Waals surface area contributed by atoms with Crippen LogP contribution in [0.4, 0.5) is 0 Å². The van der Waals surface area contributed by atoms with Crippen molar-refractivity contribution in [3.8, 4) is 0 Å². The molecule has 21 heavy (non-hydrogen) atoms. The summed E-state index contributed by atoms with van der Waals surface area (Å²) in [4.78, 5) is 18.1. The zero-order valence-electron chi connectivity index (χ0n) is 11.4. The lowest BCUT2D eigenvalue weighted by molar-refractivity contribution is -0.128. The van der Waals surface area contributed by atoms with Crippen molar-refractivity contribution in [1.29, 1.82) is 0 Å². The number of nitrogens with zero attached hydrogens (tertiary/aromatic N) is 5. The van der Waals surface area contributed by atoms with Crippen LogP contribution in [0.2, 0.25) is 0 Å². The van der Waals surface area contributed by atoms with E-state index in [4.69, 9.17) is 10.3 Å². The fourth-order valence-electron chi connectivity index (χ4n) is 2.29. The molecule has 0 aromatic carbocycles. The van der Waals surface area contributed by atoms with Crippen LogP contribution in [-0.2, 0) is 4.74 Å². The highest BCUT2D eigenvalue weighted by Gasteiger charge is 2.61. The Bertz CT molecular complexity index is 653. The van der Waals surface area contributed by atoms with E-state index in [0.717, 1.165) is 4.57 Å². The Balaban J connectivity index is 2.55. The van der Waals surface area contributed by atoms with Crippen molar-refractivity contribution in [1.82, 2.24) is 9.55 Å². The van der Waals surface area contributed by atoms with Gasteiger partial charge >= 0.3 is 5.69 Å². The molecule has 2 rings (SSSR count). The molecule has 0 amide bonds. The molecule has 1 saturated heterocycles. The highest BCUT2D eigenvalue weighted by molar-refractivity contribution is 5.08. The second-order valence-corrected chi connectivity index (χ2v) is 5.05. The summed E-state index contributed by atoms with van der Waals surface area (Å²) >= 11 is 0. The zero-order valence-corrected chi connectivity index (χ0v) is 11.4. The number of aryl methyl sites for hydroxylation is 1. The first-order valence-electron chi connectivity index (χ1n) is 6.09. The molecular formula is C11H15N5O5. The molecule has 4 atom stereocenters. The van der Waals surface area contributed by atoms with Gasteiger partial charge in [0.2, 0.25) is 5.72 Å². The molecule has 3 N–H and O–H groups in total. The van der Waals surface area contributed by atoms with Crippen LogP contribution in [0.1, 0.15) is 18.8 Å². The molecule has 0 unspecified atom stereocenters. The summed E-state index contributed by atoms with van der Waals surface area (Å²) < 4.78 is 6.28. The second-order valence-electron chi connectivity index (χ2n) is 5.05. The number of hydrogen-bond acceptors (Lipinski definition) is 7. The van der Waals surface area contributed by atoms with Crippen LogP contribution in [0.25, 0.3) is 10.4 Å². The van der Waals surface area contributed by atoms with Gasteiger partial charge in [-0.2, -0.15) is 4.98 Å².